The number of likely N-dealkylation sites (tertiary alicyclic amines) is 1. The molecule has 50 heavy (non-hydrogen) atoms. The van der Waals surface area contributed by atoms with Crippen LogP contribution in [0.1, 0.15) is 71.4 Å². The largest absolute Gasteiger partial charge is 0.461 e. The summed E-state index contributed by atoms with van der Waals surface area (Å²) in [5.41, 5.74) is 0.589. The second kappa shape index (κ2) is 18.7. The summed E-state index contributed by atoms with van der Waals surface area (Å²) in [4.78, 5) is 81.7. The highest BCUT2D eigenvalue weighted by atomic mass is 16.6. The Kier molecular flexibility index (Phi) is 14.8. The zero-order valence-electron chi connectivity index (χ0n) is 29.7. The Morgan fingerprint density at radius 2 is 1.40 bits per heavy atom. The maximum absolute atomic E-state index is 14.1. The SMILES string of the molecule is CNC(=O)[C@H]1CCCN(C(=O)OC(C)(C)C)[C@H]1C(=O)N[C@@H](CC(=O)OCc1ccccc1)C(=O)N[C@@H](CC(C)C)C(=O)OCc1ccccc1. The van der Waals surface area contributed by atoms with Gasteiger partial charge >= 0.3 is 18.0 Å². The summed E-state index contributed by atoms with van der Waals surface area (Å²) in [6, 6.07) is 14.0. The third-order valence-electron chi connectivity index (χ3n) is 7.89. The summed E-state index contributed by atoms with van der Waals surface area (Å²) >= 11 is 0. The van der Waals surface area contributed by atoms with Crippen molar-refractivity contribution in [3.63, 3.8) is 0 Å². The molecule has 0 unspecified atom stereocenters. The quantitative estimate of drug-likeness (QED) is 0.197. The average Bonchev–Trinajstić information content (AvgIpc) is 3.08. The van der Waals surface area contributed by atoms with Crippen molar-refractivity contribution in [2.24, 2.45) is 11.8 Å². The van der Waals surface area contributed by atoms with Crippen molar-refractivity contribution in [3.8, 4) is 0 Å². The molecule has 0 spiro atoms. The van der Waals surface area contributed by atoms with E-state index in [-0.39, 0.29) is 38.5 Å². The molecule has 1 aliphatic rings. The second-order valence-corrected chi connectivity index (χ2v) is 13.7. The summed E-state index contributed by atoms with van der Waals surface area (Å²) in [5.74, 6) is -4.63. The van der Waals surface area contributed by atoms with E-state index in [2.05, 4.69) is 16.0 Å². The molecule has 0 aliphatic carbocycles. The van der Waals surface area contributed by atoms with Crippen LogP contribution in [0.2, 0.25) is 0 Å². The first-order valence-electron chi connectivity index (χ1n) is 16.9. The third kappa shape index (κ3) is 12.5. The first-order chi connectivity index (χ1) is 23.7. The average molecular weight is 695 g/mol. The summed E-state index contributed by atoms with van der Waals surface area (Å²) < 4.78 is 16.5. The summed E-state index contributed by atoms with van der Waals surface area (Å²) in [5, 5.41) is 7.80. The van der Waals surface area contributed by atoms with Crippen LogP contribution in [-0.2, 0) is 51.4 Å². The zero-order valence-corrected chi connectivity index (χ0v) is 29.7. The number of rotatable bonds is 14. The van der Waals surface area contributed by atoms with Gasteiger partial charge in [-0.15, -0.1) is 0 Å². The van der Waals surface area contributed by atoms with E-state index in [1.807, 2.05) is 38.1 Å². The molecule has 1 saturated heterocycles. The smallest absolute Gasteiger partial charge is 0.410 e. The van der Waals surface area contributed by atoms with Gasteiger partial charge in [0.15, 0.2) is 0 Å². The monoisotopic (exact) mass is 694 g/mol. The van der Waals surface area contributed by atoms with E-state index in [1.54, 1.807) is 57.2 Å². The Morgan fingerprint density at radius 3 is 1.94 bits per heavy atom. The minimum atomic E-state index is -1.53. The number of carbonyl (C=O) groups is 6. The normalized spacial score (nSPS) is 17.1. The van der Waals surface area contributed by atoms with E-state index >= 15 is 0 Å². The van der Waals surface area contributed by atoms with E-state index in [4.69, 9.17) is 14.2 Å². The lowest BCUT2D eigenvalue weighted by Crippen LogP contribution is -2.62. The van der Waals surface area contributed by atoms with Crippen molar-refractivity contribution in [1.82, 2.24) is 20.9 Å². The number of piperidine rings is 1. The topological polar surface area (TPSA) is 169 Å². The van der Waals surface area contributed by atoms with Crippen molar-refractivity contribution in [1.29, 1.82) is 0 Å². The van der Waals surface area contributed by atoms with Crippen LogP contribution in [0.25, 0.3) is 0 Å². The standard InChI is InChI=1S/C37H50N4O9/c1-24(2)20-29(35(46)49-23-26-16-11-8-12-17-26)40-33(44)28(21-30(42)48-22-25-14-9-7-10-15-25)39-34(45)31-27(32(43)38-6)18-13-19-41(31)36(47)50-37(3,4)5/h7-12,14-17,24,27-29,31H,13,18-23H2,1-6H3,(H,38,43)(H,39,45)(H,40,44)/t27-,28-,29-,31+/m0/s1. The molecular formula is C37H50N4O9. The first-order valence-corrected chi connectivity index (χ1v) is 16.9. The van der Waals surface area contributed by atoms with Gasteiger partial charge < -0.3 is 30.2 Å². The number of hydrogen-bond acceptors (Lipinski definition) is 9. The number of carbonyl (C=O) groups excluding carboxylic acids is 6. The Morgan fingerprint density at radius 1 is 0.820 bits per heavy atom. The van der Waals surface area contributed by atoms with Gasteiger partial charge in [-0.1, -0.05) is 74.5 Å². The molecule has 13 heteroatoms. The molecule has 272 valence electrons. The minimum absolute atomic E-state index is 0.0147. The fourth-order valence-electron chi connectivity index (χ4n) is 5.52. The van der Waals surface area contributed by atoms with Gasteiger partial charge in [-0.2, -0.15) is 0 Å². The van der Waals surface area contributed by atoms with Gasteiger partial charge in [0.1, 0.15) is 36.9 Å². The van der Waals surface area contributed by atoms with Crippen LogP contribution >= 0.6 is 0 Å². The van der Waals surface area contributed by atoms with Crippen LogP contribution in [0.5, 0.6) is 0 Å². The van der Waals surface area contributed by atoms with Crippen LogP contribution in [0.3, 0.4) is 0 Å². The Balaban J connectivity index is 1.88. The fourth-order valence-corrected chi connectivity index (χ4v) is 5.52. The molecule has 3 N–H and O–H groups in total. The molecule has 0 saturated carbocycles. The highest BCUT2D eigenvalue weighted by Gasteiger charge is 2.45. The molecule has 3 rings (SSSR count). The number of nitrogens with zero attached hydrogens (tertiary/aromatic N) is 1. The number of nitrogens with one attached hydrogen (secondary N) is 3. The molecule has 1 fully saturated rings. The Hall–Kier alpha value is -4.94. The number of benzene rings is 2. The van der Waals surface area contributed by atoms with Crippen LogP contribution < -0.4 is 16.0 Å². The van der Waals surface area contributed by atoms with Crippen molar-refractivity contribution in [2.75, 3.05) is 13.6 Å². The maximum atomic E-state index is 14.1. The number of amides is 4. The van der Waals surface area contributed by atoms with E-state index in [9.17, 15) is 28.8 Å². The molecule has 0 aromatic heterocycles. The minimum Gasteiger partial charge on any atom is -0.461 e. The highest BCUT2D eigenvalue weighted by molar-refractivity contribution is 5.97. The molecule has 1 heterocycles. The summed E-state index contributed by atoms with van der Waals surface area (Å²) in [6.07, 6.45) is -0.462. The summed E-state index contributed by atoms with van der Waals surface area (Å²) in [7, 11) is 1.43. The van der Waals surface area contributed by atoms with Gasteiger partial charge in [-0.3, -0.25) is 24.1 Å². The lowest BCUT2D eigenvalue weighted by molar-refractivity contribution is -0.151. The van der Waals surface area contributed by atoms with E-state index < -0.39 is 71.8 Å². The molecule has 13 nitrogen and oxygen atoms in total. The summed E-state index contributed by atoms with van der Waals surface area (Å²) in [6.45, 7) is 8.82. The van der Waals surface area contributed by atoms with Gasteiger partial charge in [-0.05, 0) is 57.1 Å². The number of esters is 2. The van der Waals surface area contributed by atoms with Gasteiger partial charge in [0.05, 0.1) is 12.3 Å². The van der Waals surface area contributed by atoms with Crippen molar-refractivity contribution in [2.45, 2.75) is 97.2 Å². The predicted molar refractivity (Wildman–Crippen MR) is 184 cm³/mol. The zero-order chi connectivity index (χ0) is 36.8. The van der Waals surface area contributed by atoms with Gasteiger partial charge in [-0.25, -0.2) is 9.59 Å². The highest BCUT2D eigenvalue weighted by Crippen LogP contribution is 2.27. The van der Waals surface area contributed by atoms with Crippen LogP contribution in [0.15, 0.2) is 60.7 Å². The molecule has 2 aromatic rings. The molecule has 2 aromatic carbocycles. The fraction of sp³-hybridized carbons (Fsp3) is 0.514. The molecule has 0 bridgehead atoms. The van der Waals surface area contributed by atoms with E-state index in [0.717, 1.165) is 5.56 Å². The lowest BCUT2D eigenvalue weighted by Gasteiger charge is -2.40. The van der Waals surface area contributed by atoms with Crippen LogP contribution in [0, 0.1) is 11.8 Å². The molecular weight excluding hydrogens is 644 g/mol. The molecule has 0 radical (unpaired) electrons. The molecule has 4 atom stereocenters. The van der Waals surface area contributed by atoms with Gasteiger partial charge in [0, 0.05) is 13.6 Å². The van der Waals surface area contributed by atoms with Crippen LogP contribution in [-0.4, -0.2) is 78.0 Å². The Bertz CT molecular complexity index is 1460. The number of hydrogen-bond donors (Lipinski definition) is 3. The lowest BCUT2D eigenvalue weighted by atomic mass is 9.87. The predicted octanol–water partition coefficient (Wildman–Crippen LogP) is 3.64. The number of ether oxygens (including phenoxy) is 3. The molecule has 4 amide bonds. The first kappa shape index (κ1) is 39.5. The van der Waals surface area contributed by atoms with Crippen molar-refractivity contribution < 1.29 is 43.0 Å². The van der Waals surface area contributed by atoms with E-state index in [0.29, 0.717) is 12.0 Å². The molecule has 1 aliphatic heterocycles. The van der Waals surface area contributed by atoms with Crippen molar-refractivity contribution in [3.05, 3.63) is 71.8 Å². The third-order valence-corrected chi connectivity index (χ3v) is 7.89. The van der Waals surface area contributed by atoms with Crippen molar-refractivity contribution >= 4 is 35.8 Å². The van der Waals surface area contributed by atoms with E-state index in [1.165, 1.54) is 11.9 Å². The maximum Gasteiger partial charge on any atom is 0.410 e. The Labute approximate surface area is 293 Å². The van der Waals surface area contributed by atoms with Gasteiger partial charge in [0.25, 0.3) is 0 Å². The second-order valence-electron chi connectivity index (χ2n) is 13.7. The van der Waals surface area contributed by atoms with Gasteiger partial charge in [0.2, 0.25) is 17.7 Å². The van der Waals surface area contributed by atoms with Crippen LogP contribution in [0.4, 0.5) is 4.79 Å².